The fourth-order valence-electron chi connectivity index (χ4n) is 4.97. The van der Waals surface area contributed by atoms with Crippen molar-refractivity contribution in [2.75, 3.05) is 6.61 Å². The summed E-state index contributed by atoms with van der Waals surface area (Å²) in [5.41, 5.74) is 3.52. The fraction of sp³-hybridized carbons (Fsp3) is 0.639. The van der Waals surface area contributed by atoms with Gasteiger partial charge in [-0.2, -0.15) is 0 Å². The minimum Gasteiger partial charge on any atom is -0.494 e. The van der Waals surface area contributed by atoms with Crippen LogP contribution in [0.3, 0.4) is 0 Å². The van der Waals surface area contributed by atoms with Crippen LogP contribution in [-0.4, -0.2) is 12.8 Å². The molecule has 212 valence electrons. The first kappa shape index (κ1) is 32.1. The summed E-state index contributed by atoms with van der Waals surface area (Å²) in [6.45, 7) is 5.36. The number of nitrogens with zero attached hydrogens (tertiary/aromatic N) is 1. The van der Waals surface area contributed by atoms with Gasteiger partial charge in [-0.25, -0.2) is 0 Å². The number of rotatable bonds is 24. The van der Waals surface area contributed by atoms with Crippen LogP contribution in [0.15, 0.2) is 53.5 Å². The van der Waals surface area contributed by atoms with Crippen LogP contribution in [0.25, 0.3) is 0 Å². The van der Waals surface area contributed by atoms with Gasteiger partial charge in [0.25, 0.3) is 0 Å². The Morgan fingerprint density at radius 1 is 0.526 bits per heavy atom. The second-order valence-electron chi connectivity index (χ2n) is 11.1. The largest absolute Gasteiger partial charge is 0.494 e. The van der Waals surface area contributed by atoms with Gasteiger partial charge in [-0.15, -0.1) is 0 Å². The first-order valence-electron chi connectivity index (χ1n) is 16.2. The standard InChI is InChI=1S/C36H57NO/c1-3-5-7-8-9-10-11-12-13-14-15-16-17-18-19-21-31-38-36-29-25-34(26-30-36)32-37-35-27-23-33(24-28-35)22-20-6-4-2/h23-30,32H,3-22,31H2,1-2H3. The molecule has 2 heteroatoms. The maximum absolute atomic E-state index is 5.95. The molecule has 2 nitrogen and oxygen atoms in total. The number of ether oxygens (including phenoxy) is 1. The molecule has 0 unspecified atom stereocenters. The Kier molecular flexibility index (Phi) is 19.3. The SMILES string of the molecule is CCCCCCCCCCCCCCCCCCOc1ccc(C=Nc2ccc(CCCCC)cc2)cc1. The van der Waals surface area contributed by atoms with E-state index in [-0.39, 0.29) is 0 Å². The highest BCUT2D eigenvalue weighted by atomic mass is 16.5. The molecule has 2 rings (SSSR count). The molecule has 0 heterocycles. The van der Waals surface area contributed by atoms with Gasteiger partial charge >= 0.3 is 0 Å². The summed E-state index contributed by atoms with van der Waals surface area (Å²) in [5, 5.41) is 0. The van der Waals surface area contributed by atoms with E-state index >= 15 is 0 Å². The summed E-state index contributed by atoms with van der Waals surface area (Å²) >= 11 is 0. The van der Waals surface area contributed by atoms with Gasteiger partial charge in [-0.3, -0.25) is 4.99 Å². The maximum Gasteiger partial charge on any atom is 0.119 e. The number of unbranched alkanes of at least 4 members (excludes halogenated alkanes) is 17. The molecule has 0 atom stereocenters. The van der Waals surface area contributed by atoms with E-state index in [1.807, 2.05) is 6.21 Å². The number of hydrogen-bond acceptors (Lipinski definition) is 2. The van der Waals surface area contributed by atoms with Gasteiger partial charge in [0.2, 0.25) is 0 Å². The van der Waals surface area contributed by atoms with Gasteiger partial charge in [-0.05, 0) is 66.8 Å². The van der Waals surface area contributed by atoms with E-state index in [4.69, 9.17) is 4.74 Å². The van der Waals surface area contributed by atoms with Gasteiger partial charge in [0, 0.05) is 6.21 Å². The van der Waals surface area contributed by atoms with E-state index in [0.717, 1.165) is 30.0 Å². The van der Waals surface area contributed by atoms with Crippen molar-refractivity contribution in [1.82, 2.24) is 0 Å². The Morgan fingerprint density at radius 3 is 1.53 bits per heavy atom. The third-order valence-electron chi connectivity index (χ3n) is 7.51. The molecule has 2 aromatic rings. The molecule has 0 bridgehead atoms. The molecule has 0 saturated carbocycles. The maximum atomic E-state index is 5.95. The summed E-state index contributed by atoms with van der Waals surface area (Å²) in [6.07, 6.45) is 29.3. The van der Waals surface area contributed by atoms with Crippen molar-refractivity contribution < 1.29 is 4.74 Å². The zero-order chi connectivity index (χ0) is 26.9. The van der Waals surface area contributed by atoms with E-state index < -0.39 is 0 Å². The Hall–Kier alpha value is -2.09. The molecule has 0 aliphatic carbocycles. The van der Waals surface area contributed by atoms with E-state index in [0.29, 0.717) is 0 Å². The lowest BCUT2D eigenvalue weighted by molar-refractivity contribution is 0.304. The van der Waals surface area contributed by atoms with Crippen LogP contribution in [0.4, 0.5) is 5.69 Å². The van der Waals surface area contributed by atoms with Crippen LogP contribution in [0, 0.1) is 0 Å². The number of aliphatic imine (C=N–C) groups is 1. The van der Waals surface area contributed by atoms with Crippen molar-refractivity contribution in [2.45, 2.75) is 142 Å². The highest BCUT2D eigenvalue weighted by Gasteiger charge is 1.98. The summed E-state index contributed by atoms with van der Waals surface area (Å²) in [4.78, 5) is 4.63. The minimum atomic E-state index is 0.816. The van der Waals surface area contributed by atoms with Gasteiger partial charge < -0.3 is 4.74 Å². The molecule has 38 heavy (non-hydrogen) atoms. The number of hydrogen-bond donors (Lipinski definition) is 0. The Bertz CT molecular complexity index is 808. The lowest BCUT2D eigenvalue weighted by Crippen LogP contribution is -1.97. The van der Waals surface area contributed by atoms with E-state index in [9.17, 15) is 0 Å². The third-order valence-corrected chi connectivity index (χ3v) is 7.51. The van der Waals surface area contributed by atoms with E-state index in [2.05, 4.69) is 67.4 Å². The summed E-state index contributed by atoms with van der Waals surface area (Å²) in [7, 11) is 0. The van der Waals surface area contributed by atoms with E-state index in [1.165, 1.54) is 128 Å². The second-order valence-corrected chi connectivity index (χ2v) is 11.1. The number of aryl methyl sites for hydroxylation is 1. The van der Waals surface area contributed by atoms with Crippen LogP contribution >= 0.6 is 0 Å². The fourth-order valence-corrected chi connectivity index (χ4v) is 4.97. The summed E-state index contributed by atoms with van der Waals surface area (Å²) in [6, 6.07) is 16.9. The molecule has 0 fully saturated rings. The van der Waals surface area contributed by atoms with Gasteiger partial charge in [0.05, 0.1) is 12.3 Å². The van der Waals surface area contributed by atoms with Crippen molar-refractivity contribution in [2.24, 2.45) is 4.99 Å². The topological polar surface area (TPSA) is 21.6 Å². The molecular weight excluding hydrogens is 462 g/mol. The highest BCUT2D eigenvalue weighted by molar-refractivity contribution is 5.82. The Labute approximate surface area is 235 Å². The predicted octanol–water partition coefficient (Wildman–Crippen LogP) is 11.8. The normalized spacial score (nSPS) is 11.4. The minimum absolute atomic E-state index is 0.816. The van der Waals surface area contributed by atoms with Crippen LogP contribution in [0.1, 0.15) is 147 Å². The molecule has 0 amide bonds. The monoisotopic (exact) mass is 519 g/mol. The molecule has 0 aliphatic heterocycles. The molecule has 0 aromatic heterocycles. The molecule has 0 spiro atoms. The van der Waals surface area contributed by atoms with Crippen molar-refractivity contribution >= 4 is 11.9 Å². The van der Waals surface area contributed by atoms with E-state index in [1.54, 1.807) is 0 Å². The first-order chi connectivity index (χ1) is 18.8. The number of benzene rings is 2. The predicted molar refractivity (Wildman–Crippen MR) is 168 cm³/mol. The highest BCUT2D eigenvalue weighted by Crippen LogP contribution is 2.17. The summed E-state index contributed by atoms with van der Waals surface area (Å²) in [5.74, 6) is 0.958. The van der Waals surface area contributed by atoms with Crippen LogP contribution < -0.4 is 4.74 Å². The zero-order valence-electron chi connectivity index (χ0n) is 24.9. The lowest BCUT2D eigenvalue weighted by atomic mass is 10.0. The average molecular weight is 520 g/mol. The van der Waals surface area contributed by atoms with Gasteiger partial charge in [-0.1, -0.05) is 135 Å². The van der Waals surface area contributed by atoms with Crippen molar-refractivity contribution in [3.8, 4) is 5.75 Å². The summed E-state index contributed by atoms with van der Waals surface area (Å²) < 4.78 is 5.95. The van der Waals surface area contributed by atoms with Crippen molar-refractivity contribution in [3.63, 3.8) is 0 Å². The lowest BCUT2D eigenvalue weighted by Gasteiger charge is -2.07. The van der Waals surface area contributed by atoms with Crippen molar-refractivity contribution in [3.05, 3.63) is 59.7 Å². The quantitative estimate of drug-likeness (QED) is 0.0998. The molecule has 0 N–H and O–H groups in total. The Balaban J connectivity index is 1.43. The van der Waals surface area contributed by atoms with Crippen molar-refractivity contribution in [1.29, 1.82) is 0 Å². The zero-order valence-corrected chi connectivity index (χ0v) is 24.9. The third kappa shape index (κ3) is 16.7. The average Bonchev–Trinajstić information content (AvgIpc) is 2.95. The van der Waals surface area contributed by atoms with Gasteiger partial charge in [0.15, 0.2) is 0 Å². The first-order valence-corrected chi connectivity index (χ1v) is 16.2. The molecule has 0 aliphatic rings. The Morgan fingerprint density at radius 2 is 1.00 bits per heavy atom. The molecule has 0 saturated heterocycles. The van der Waals surface area contributed by atoms with Crippen LogP contribution in [0.2, 0.25) is 0 Å². The van der Waals surface area contributed by atoms with Gasteiger partial charge in [0.1, 0.15) is 5.75 Å². The molecule has 2 aromatic carbocycles. The second kappa shape index (κ2) is 22.9. The van der Waals surface area contributed by atoms with Crippen LogP contribution in [0.5, 0.6) is 5.75 Å². The smallest absolute Gasteiger partial charge is 0.119 e. The molecular formula is C36H57NO. The van der Waals surface area contributed by atoms with Crippen LogP contribution in [-0.2, 0) is 6.42 Å². The molecule has 0 radical (unpaired) electrons.